The van der Waals surface area contributed by atoms with Gasteiger partial charge in [-0.15, -0.1) is 11.8 Å². The van der Waals surface area contributed by atoms with Crippen LogP contribution in [-0.2, 0) is 14.4 Å². The van der Waals surface area contributed by atoms with E-state index in [0.717, 1.165) is 0 Å². The summed E-state index contributed by atoms with van der Waals surface area (Å²) in [5, 5.41) is 13.5. The number of halogens is 3. The van der Waals surface area contributed by atoms with Crippen molar-refractivity contribution in [3.8, 4) is 0 Å². The van der Waals surface area contributed by atoms with Crippen molar-refractivity contribution >= 4 is 58.2 Å². The Morgan fingerprint density at radius 3 is 2.79 bits per heavy atom. The van der Waals surface area contributed by atoms with E-state index in [4.69, 9.17) is 44.4 Å². The van der Waals surface area contributed by atoms with Gasteiger partial charge in [0, 0.05) is 5.25 Å². The zero-order valence-electron chi connectivity index (χ0n) is 10.4. The monoisotopic (exact) mass is 349 g/mol. The summed E-state index contributed by atoms with van der Waals surface area (Å²) in [5.74, 6) is -2.10. The molecule has 1 N–H and O–H groups in total. The van der Waals surface area contributed by atoms with Crippen molar-refractivity contribution in [2.75, 3.05) is 12.4 Å². The minimum absolute atomic E-state index is 0.0273. The van der Waals surface area contributed by atoms with E-state index in [1.54, 1.807) is 6.92 Å². The van der Waals surface area contributed by atoms with Crippen LogP contribution in [0, 0.1) is 0 Å². The van der Waals surface area contributed by atoms with Crippen LogP contribution in [0.4, 0.5) is 0 Å². The second-order valence-corrected chi connectivity index (χ2v) is 7.50. The van der Waals surface area contributed by atoms with Crippen molar-refractivity contribution in [3.63, 3.8) is 0 Å². The highest BCUT2D eigenvalue weighted by molar-refractivity contribution is 8.01. The van der Waals surface area contributed by atoms with Gasteiger partial charge in [0.25, 0.3) is 9.58 Å². The molecule has 0 saturated heterocycles. The Morgan fingerprint density at radius 1 is 1.68 bits per heavy atom. The van der Waals surface area contributed by atoms with Crippen LogP contribution in [0.5, 0.6) is 0 Å². The average molecular weight is 351 g/mol. The molecule has 19 heavy (non-hydrogen) atoms. The summed E-state index contributed by atoms with van der Waals surface area (Å²) in [6, 6.07) is 0. The van der Waals surface area contributed by atoms with Gasteiger partial charge in [0.05, 0.1) is 24.5 Å². The van der Waals surface area contributed by atoms with Crippen LogP contribution in [0.25, 0.3) is 0 Å². The molecule has 0 bridgehead atoms. The zero-order chi connectivity index (χ0) is 14.7. The van der Waals surface area contributed by atoms with Crippen LogP contribution < -0.4 is 0 Å². The number of carbonyl (C=O) groups excluding carboxylic acids is 1. The number of oxime groups is 1. The van der Waals surface area contributed by atoms with Crippen molar-refractivity contribution in [2.24, 2.45) is 5.16 Å². The van der Waals surface area contributed by atoms with E-state index in [-0.39, 0.29) is 23.4 Å². The topological polar surface area (TPSA) is 68.1 Å². The first-order valence-corrected chi connectivity index (χ1v) is 7.69. The van der Waals surface area contributed by atoms with Gasteiger partial charge in [0.2, 0.25) is 0 Å². The van der Waals surface area contributed by atoms with Crippen LogP contribution in [0.3, 0.4) is 0 Å². The highest BCUT2D eigenvalue weighted by atomic mass is 35.6. The van der Waals surface area contributed by atoms with E-state index in [0.29, 0.717) is 12.3 Å². The first-order chi connectivity index (χ1) is 8.69. The molecular weight excluding hydrogens is 337 g/mol. The van der Waals surface area contributed by atoms with Crippen molar-refractivity contribution in [1.29, 1.82) is 0 Å². The number of nitrogens with zero attached hydrogens (tertiary/aromatic N) is 1. The van der Waals surface area contributed by atoms with Crippen molar-refractivity contribution in [1.82, 2.24) is 0 Å². The maximum atomic E-state index is 11.2. The lowest BCUT2D eigenvalue weighted by Crippen LogP contribution is -2.43. The number of hydrogen-bond acceptors (Lipinski definition) is 6. The van der Waals surface area contributed by atoms with E-state index >= 15 is 0 Å². The summed E-state index contributed by atoms with van der Waals surface area (Å²) in [5.41, 5.74) is 0.517. The Kier molecular flexibility index (Phi) is 6.07. The Bertz CT molecular complexity index is 374. The van der Waals surface area contributed by atoms with Gasteiger partial charge in [0.15, 0.2) is 0 Å². The van der Waals surface area contributed by atoms with Crippen molar-refractivity contribution in [3.05, 3.63) is 0 Å². The third kappa shape index (κ3) is 4.56. The smallest absolute Gasteiger partial charge is 0.315 e. The molecule has 0 fully saturated rings. The number of aliphatic hydroxyl groups is 1. The van der Waals surface area contributed by atoms with Crippen molar-refractivity contribution in [2.45, 2.75) is 35.1 Å². The normalized spacial score (nSPS) is 24.6. The maximum Gasteiger partial charge on any atom is 0.315 e. The first kappa shape index (κ1) is 17.2. The Morgan fingerprint density at radius 2 is 2.32 bits per heavy atom. The first-order valence-electron chi connectivity index (χ1n) is 5.51. The van der Waals surface area contributed by atoms with Crippen LogP contribution in [-0.4, -0.2) is 44.0 Å². The third-order valence-electron chi connectivity index (χ3n) is 2.40. The Hall–Kier alpha value is 0.120. The molecule has 2 atom stereocenters. The molecule has 0 aromatic rings. The fourth-order valence-electron chi connectivity index (χ4n) is 1.31. The van der Waals surface area contributed by atoms with E-state index in [2.05, 4.69) is 5.16 Å². The van der Waals surface area contributed by atoms with Gasteiger partial charge in [0.1, 0.15) is 0 Å². The summed E-state index contributed by atoms with van der Waals surface area (Å²) in [7, 11) is 0. The summed E-state index contributed by atoms with van der Waals surface area (Å²) < 4.78 is 2.81. The van der Waals surface area contributed by atoms with Gasteiger partial charge in [-0.3, -0.25) is 4.79 Å². The predicted octanol–water partition coefficient (Wildman–Crippen LogP) is 2.51. The molecule has 0 spiro atoms. The van der Waals surface area contributed by atoms with Crippen LogP contribution in [0.2, 0.25) is 0 Å². The van der Waals surface area contributed by atoms with E-state index in [1.807, 2.05) is 6.92 Å². The quantitative estimate of drug-likeness (QED) is 0.609. The highest BCUT2D eigenvalue weighted by Crippen LogP contribution is 2.44. The molecule has 0 aliphatic carbocycles. The molecule has 0 radical (unpaired) electrons. The van der Waals surface area contributed by atoms with Gasteiger partial charge >= 0.3 is 5.97 Å². The number of thioether (sulfide) groups is 1. The molecule has 5 nitrogen and oxygen atoms in total. The largest absolute Gasteiger partial charge is 0.465 e. The van der Waals surface area contributed by atoms with Gasteiger partial charge < -0.3 is 14.7 Å². The Balaban J connectivity index is 2.48. The van der Waals surface area contributed by atoms with E-state index < -0.39 is 9.58 Å². The van der Waals surface area contributed by atoms with Gasteiger partial charge in [-0.05, 0) is 13.8 Å². The minimum atomic E-state index is -2.00. The SMILES string of the molecule is CCOC(=O)CSC(C)C1=NOC(O)(C(Cl)(Cl)Cl)C1. The third-order valence-corrected chi connectivity index (χ3v) is 4.46. The summed E-state index contributed by atoms with van der Waals surface area (Å²) in [6.45, 7) is 3.89. The minimum Gasteiger partial charge on any atom is -0.465 e. The molecule has 1 rings (SSSR count). The standard InChI is InChI=1S/C10H14Cl3NO4S/c1-3-17-8(15)5-19-6(2)7-4-9(16,18-14-7)10(11,12)13/h6,16H,3-5H2,1-2H3. The summed E-state index contributed by atoms with van der Waals surface area (Å²) in [6.07, 6.45) is -0.0273. The van der Waals surface area contributed by atoms with Crippen molar-refractivity contribution < 1.29 is 19.5 Å². The van der Waals surface area contributed by atoms with Crippen LogP contribution >= 0.6 is 46.6 Å². The lowest BCUT2D eigenvalue weighted by molar-refractivity contribution is -0.181. The number of ether oxygens (including phenoxy) is 1. The predicted molar refractivity (Wildman–Crippen MR) is 76.9 cm³/mol. The highest BCUT2D eigenvalue weighted by Gasteiger charge is 2.54. The molecule has 0 saturated carbocycles. The van der Waals surface area contributed by atoms with Gasteiger partial charge in [-0.1, -0.05) is 40.0 Å². The van der Waals surface area contributed by atoms with Crippen LogP contribution in [0.1, 0.15) is 20.3 Å². The maximum absolute atomic E-state index is 11.2. The average Bonchev–Trinajstić information content (AvgIpc) is 2.70. The van der Waals surface area contributed by atoms with Gasteiger partial charge in [-0.2, -0.15) is 0 Å². The molecule has 2 unspecified atom stereocenters. The molecule has 1 heterocycles. The number of alkyl halides is 3. The molecule has 0 aromatic heterocycles. The zero-order valence-corrected chi connectivity index (χ0v) is 13.4. The lowest BCUT2D eigenvalue weighted by atomic mass is 10.1. The number of rotatable bonds is 5. The van der Waals surface area contributed by atoms with E-state index in [1.165, 1.54) is 11.8 Å². The molecule has 1 aliphatic rings. The Labute approximate surface area is 130 Å². The van der Waals surface area contributed by atoms with Gasteiger partial charge in [-0.25, -0.2) is 0 Å². The second-order valence-electron chi connectivity index (χ2n) is 3.89. The van der Waals surface area contributed by atoms with Crippen LogP contribution in [0.15, 0.2) is 5.16 Å². The summed E-state index contributed by atoms with van der Waals surface area (Å²) in [4.78, 5) is 16.0. The molecule has 9 heteroatoms. The number of carbonyl (C=O) groups is 1. The number of esters is 1. The fourth-order valence-corrected chi connectivity index (χ4v) is 2.40. The molecular formula is C10H14Cl3NO4S. The fraction of sp³-hybridized carbons (Fsp3) is 0.800. The lowest BCUT2D eigenvalue weighted by Gasteiger charge is -2.27. The summed E-state index contributed by atoms with van der Waals surface area (Å²) >= 11 is 18.2. The molecule has 1 aliphatic heterocycles. The van der Waals surface area contributed by atoms with E-state index in [9.17, 15) is 9.90 Å². The molecule has 110 valence electrons. The molecule has 0 amide bonds. The molecule has 0 aromatic carbocycles. The number of hydrogen-bond donors (Lipinski definition) is 1. The second kappa shape index (κ2) is 6.72.